The van der Waals surface area contributed by atoms with Crippen LogP contribution in [0.5, 0.6) is 5.75 Å². The number of H-pyrrole nitrogens is 1. The zero-order valence-corrected chi connectivity index (χ0v) is 18.0. The van der Waals surface area contributed by atoms with Gasteiger partial charge in [-0.15, -0.1) is 0 Å². The number of carbonyl (C=O) groups excluding carboxylic acids is 1. The Bertz CT molecular complexity index is 1090. The van der Waals surface area contributed by atoms with Crippen molar-refractivity contribution < 1.29 is 9.53 Å². The highest BCUT2D eigenvalue weighted by Gasteiger charge is 2.27. The van der Waals surface area contributed by atoms with E-state index < -0.39 is 0 Å². The molecule has 0 unspecified atom stereocenters. The number of hydrogen-bond donors (Lipinski definition) is 2. The van der Waals surface area contributed by atoms with Crippen LogP contribution in [0.15, 0.2) is 30.6 Å². The van der Waals surface area contributed by atoms with Gasteiger partial charge in [-0.1, -0.05) is 0 Å². The Labute approximate surface area is 182 Å². The largest absolute Gasteiger partial charge is 0.497 e. The first-order valence-electron chi connectivity index (χ1n) is 11.2. The number of benzene rings is 1. The summed E-state index contributed by atoms with van der Waals surface area (Å²) < 4.78 is 5.34. The molecule has 0 saturated carbocycles. The Hall–Kier alpha value is -3.09. The van der Waals surface area contributed by atoms with Crippen molar-refractivity contribution in [3.05, 3.63) is 47.4 Å². The van der Waals surface area contributed by atoms with Crippen LogP contribution >= 0.6 is 0 Å². The highest BCUT2D eigenvalue weighted by atomic mass is 16.5. The smallest absolute Gasteiger partial charge is 0.225 e. The van der Waals surface area contributed by atoms with Gasteiger partial charge < -0.3 is 19.9 Å². The molecular formula is C24H29N5O2. The summed E-state index contributed by atoms with van der Waals surface area (Å²) in [5.74, 6) is 1.83. The third kappa shape index (κ3) is 4.09. The molecular weight excluding hydrogens is 390 g/mol. The molecule has 1 aromatic carbocycles. The van der Waals surface area contributed by atoms with Crippen molar-refractivity contribution in [2.24, 2.45) is 5.92 Å². The van der Waals surface area contributed by atoms with Crippen molar-refractivity contribution in [1.82, 2.24) is 20.3 Å². The zero-order valence-electron chi connectivity index (χ0n) is 18.0. The predicted molar refractivity (Wildman–Crippen MR) is 121 cm³/mol. The number of fused-ring (bicyclic) bond motifs is 2. The van der Waals surface area contributed by atoms with Crippen molar-refractivity contribution in [3.8, 4) is 5.75 Å². The molecule has 2 N–H and O–H groups in total. The summed E-state index contributed by atoms with van der Waals surface area (Å²) in [5, 5.41) is 4.28. The van der Waals surface area contributed by atoms with E-state index in [1.54, 1.807) is 7.11 Å². The topological polar surface area (TPSA) is 83.1 Å². The van der Waals surface area contributed by atoms with Crippen LogP contribution in [0.1, 0.15) is 36.1 Å². The van der Waals surface area contributed by atoms with E-state index in [9.17, 15) is 4.79 Å². The number of amides is 1. The van der Waals surface area contributed by atoms with Gasteiger partial charge in [0.05, 0.1) is 7.11 Å². The maximum absolute atomic E-state index is 12.8. The fourth-order valence-electron chi connectivity index (χ4n) is 4.75. The minimum atomic E-state index is -0.00296. The average molecular weight is 420 g/mol. The Kier molecular flexibility index (Phi) is 5.49. The van der Waals surface area contributed by atoms with E-state index in [-0.39, 0.29) is 11.8 Å². The maximum Gasteiger partial charge on any atom is 0.225 e. The summed E-state index contributed by atoms with van der Waals surface area (Å²) in [6, 6.07) is 6.01. The number of ether oxygens (including phenoxy) is 1. The molecule has 5 rings (SSSR count). The quantitative estimate of drug-likeness (QED) is 0.642. The summed E-state index contributed by atoms with van der Waals surface area (Å²) in [5.41, 5.74) is 4.51. The number of hydrogen-bond acceptors (Lipinski definition) is 5. The summed E-state index contributed by atoms with van der Waals surface area (Å²) in [6.45, 7) is 2.72. The molecule has 1 fully saturated rings. The molecule has 1 aliphatic carbocycles. The third-order valence-electron chi connectivity index (χ3n) is 6.57. The number of nitrogens with zero attached hydrogens (tertiary/aromatic N) is 3. The maximum atomic E-state index is 12.8. The second kappa shape index (κ2) is 8.57. The van der Waals surface area contributed by atoms with Crippen molar-refractivity contribution in [3.63, 3.8) is 0 Å². The Morgan fingerprint density at radius 2 is 2.19 bits per heavy atom. The normalized spacial score (nSPS) is 18.2. The summed E-state index contributed by atoms with van der Waals surface area (Å²) in [7, 11) is 1.67. The molecule has 2 aromatic heterocycles. The van der Waals surface area contributed by atoms with Crippen LogP contribution < -0.4 is 15.0 Å². The van der Waals surface area contributed by atoms with Crippen molar-refractivity contribution >= 4 is 22.8 Å². The fraction of sp³-hybridized carbons (Fsp3) is 0.458. The molecule has 2 aliphatic rings. The molecule has 1 aliphatic heterocycles. The molecule has 3 heterocycles. The first-order chi connectivity index (χ1) is 15.2. The van der Waals surface area contributed by atoms with Crippen LogP contribution in [-0.4, -0.2) is 47.6 Å². The molecule has 1 amide bonds. The molecule has 1 saturated heterocycles. The number of nitrogens with one attached hydrogen (secondary N) is 2. The van der Waals surface area contributed by atoms with Crippen LogP contribution in [0.2, 0.25) is 0 Å². The number of methoxy groups -OCH3 is 1. The lowest BCUT2D eigenvalue weighted by atomic mass is 9.86. The number of aromatic nitrogens is 3. The van der Waals surface area contributed by atoms with Crippen molar-refractivity contribution in [2.45, 2.75) is 38.5 Å². The molecule has 7 nitrogen and oxygen atoms in total. The van der Waals surface area contributed by atoms with E-state index in [0.717, 1.165) is 72.6 Å². The van der Waals surface area contributed by atoms with E-state index in [0.29, 0.717) is 6.54 Å². The number of aryl methyl sites for hydroxylation is 1. The highest BCUT2D eigenvalue weighted by Crippen LogP contribution is 2.27. The molecule has 162 valence electrons. The number of aromatic amines is 1. The van der Waals surface area contributed by atoms with Crippen LogP contribution in [0, 0.1) is 5.92 Å². The standard InChI is InChI=1S/C24H29N5O2/c1-31-19-5-7-22-20(13-19)17(14-26-22)8-9-25-23(30)16-4-6-21-18(12-16)15-27-24(28-21)29-10-2-3-11-29/h5,7,13-16,26H,2-4,6,8-12H2,1H3,(H,25,30)/t16-/m1/s1. The summed E-state index contributed by atoms with van der Waals surface area (Å²) in [6.07, 6.45) is 9.59. The molecule has 7 heteroatoms. The van der Waals surface area contributed by atoms with E-state index >= 15 is 0 Å². The SMILES string of the molecule is COc1ccc2[nH]cc(CCNC(=O)[C@@H]3CCc4nc(N5CCCC5)ncc4C3)c2c1. The van der Waals surface area contributed by atoms with Gasteiger partial charge in [0.25, 0.3) is 0 Å². The second-order valence-electron chi connectivity index (χ2n) is 8.54. The van der Waals surface area contributed by atoms with E-state index in [4.69, 9.17) is 9.72 Å². The molecule has 0 radical (unpaired) electrons. The van der Waals surface area contributed by atoms with Crippen LogP contribution in [-0.2, 0) is 24.1 Å². The molecule has 3 aromatic rings. The third-order valence-corrected chi connectivity index (χ3v) is 6.57. The van der Waals surface area contributed by atoms with Crippen molar-refractivity contribution in [1.29, 1.82) is 0 Å². The van der Waals surface area contributed by atoms with E-state index in [1.807, 2.05) is 30.6 Å². The first-order valence-corrected chi connectivity index (χ1v) is 11.2. The van der Waals surface area contributed by atoms with Crippen molar-refractivity contribution in [2.75, 3.05) is 31.6 Å². The Morgan fingerprint density at radius 1 is 1.32 bits per heavy atom. The number of carbonyl (C=O) groups is 1. The monoisotopic (exact) mass is 419 g/mol. The Balaban J connectivity index is 1.17. The first kappa shape index (κ1) is 19.8. The average Bonchev–Trinajstić information content (AvgIpc) is 3.48. The Morgan fingerprint density at radius 3 is 3.03 bits per heavy atom. The lowest BCUT2D eigenvalue weighted by Gasteiger charge is -2.24. The molecule has 0 spiro atoms. The van der Waals surface area contributed by atoms with Gasteiger partial charge in [0, 0.05) is 54.5 Å². The van der Waals surface area contributed by atoms with Gasteiger partial charge in [-0.3, -0.25) is 4.79 Å². The van der Waals surface area contributed by atoms with Gasteiger partial charge in [0.15, 0.2) is 0 Å². The molecule has 31 heavy (non-hydrogen) atoms. The number of rotatable bonds is 6. The lowest BCUT2D eigenvalue weighted by Crippen LogP contribution is -2.35. The molecule has 1 atom stereocenters. The summed E-state index contributed by atoms with van der Waals surface area (Å²) in [4.78, 5) is 27.7. The van der Waals surface area contributed by atoms with Crippen LogP contribution in [0.25, 0.3) is 10.9 Å². The van der Waals surface area contributed by atoms with Gasteiger partial charge in [-0.25, -0.2) is 9.97 Å². The van der Waals surface area contributed by atoms with Gasteiger partial charge in [0.2, 0.25) is 11.9 Å². The minimum Gasteiger partial charge on any atom is -0.497 e. The van der Waals surface area contributed by atoms with E-state index in [1.165, 1.54) is 18.4 Å². The van der Waals surface area contributed by atoms with Gasteiger partial charge in [-0.05, 0) is 67.9 Å². The fourth-order valence-corrected chi connectivity index (χ4v) is 4.75. The minimum absolute atomic E-state index is 0.00296. The second-order valence-corrected chi connectivity index (χ2v) is 8.54. The van der Waals surface area contributed by atoms with Gasteiger partial charge in [-0.2, -0.15) is 0 Å². The van der Waals surface area contributed by atoms with Crippen LogP contribution in [0.3, 0.4) is 0 Å². The summed E-state index contributed by atoms with van der Waals surface area (Å²) >= 11 is 0. The molecule has 0 bridgehead atoms. The highest BCUT2D eigenvalue weighted by molar-refractivity contribution is 5.85. The van der Waals surface area contributed by atoms with Crippen LogP contribution in [0.4, 0.5) is 5.95 Å². The lowest BCUT2D eigenvalue weighted by molar-refractivity contribution is -0.125. The van der Waals surface area contributed by atoms with Gasteiger partial charge >= 0.3 is 0 Å². The van der Waals surface area contributed by atoms with E-state index in [2.05, 4.69) is 20.2 Å². The number of anilines is 1. The zero-order chi connectivity index (χ0) is 21.2. The van der Waals surface area contributed by atoms with Gasteiger partial charge in [0.1, 0.15) is 5.75 Å². The predicted octanol–water partition coefficient (Wildman–Crippen LogP) is 3.03.